The maximum atomic E-state index is 5.08. The Labute approximate surface area is 94.4 Å². The van der Waals surface area contributed by atoms with Gasteiger partial charge in [0.25, 0.3) is 0 Å². The number of hydrogen-bond donors (Lipinski definition) is 0. The van der Waals surface area contributed by atoms with E-state index in [9.17, 15) is 0 Å². The summed E-state index contributed by atoms with van der Waals surface area (Å²) in [6, 6.07) is 9.75. The SMILES string of the molecule is COc1ccc(CN=Cc2ccoc2)cc1. The first kappa shape index (κ1) is 10.5. The van der Waals surface area contributed by atoms with Gasteiger partial charge in [-0.05, 0) is 23.8 Å². The summed E-state index contributed by atoms with van der Waals surface area (Å²) in [5, 5.41) is 0. The fourth-order valence-electron chi connectivity index (χ4n) is 1.34. The minimum Gasteiger partial charge on any atom is -0.497 e. The summed E-state index contributed by atoms with van der Waals surface area (Å²) in [7, 11) is 1.66. The molecule has 82 valence electrons. The van der Waals surface area contributed by atoms with Crippen molar-refractivity contribution < 1.29 is 9.15 Å². The van der Waals surface area contributed by atoms with Crippen LogP contribution in [0.25, 0.3) is 0 Å². The second kappa shape index (κ2) is 5.16. The van der Waals surface area contributed by atoms with Crippen molar-refractivity contribution in [2.45, 2.75) is 6.54 Å². The molecule has 0 N–H and O–H groups in total. The number of benzene rings is 1. The van der Waals surface area contributed by atoms with E-state index in [-0.39, 0.29) is 0 Å². The third-order valence-corrected chi connectivity index (χ3v) is 2.22. The van der Waals surface area contributed by atoms with Crippen LogP contribution in [0, 0.1) is 0 Å². The number of rotatable bonds is 4. The second-order valence-corrected chi connectivity index (χ2v) is 3.37. The van der Waals surface area contributed by atoms with E-state index in [0.29, 0.717) is 6.54 Å². The molecular formula is C13H13NO2. The molecule has 0 aliphatic heterocycles. The lowest BCUT2D eigenvalue weighted by atomic mass is 10.2. The summed E-state index contributed by atoms with van der Waals surface area (Å²) in [5.41, 5.74) is 2.13. The lowest BCUT2D eigenvalue weighted by Gasteiger charge is -2.00. The Hall–Kier alpha value is -2.03. The van der Waals surface area contributed by atoms with Crippen LogP contribution in [0.15, 0.2) is 52.3 Å². The van der Waals surface area contributed by atoms with Crippen molar-refractivity contribution in [3.8, 4) is 5.75 Å². The monoisotopic (exact) mass is 215 g/mol. The third-order valence-electron chi connectivity index (χ3n) is 2.22. The number of nitrogens with zero attached hydrogens (tertiary/aromatic N) is 1. The molecule has 1 aromatic carbocycles. The van der Waals surface area contributed by atoms with Gasteiger partial charge in [-0.1, -0.05) is 12.1 Å². The van der Waals surface area contributed by atoms with E-state index in [1.165, 1.54) is 0 Å². The van der Waals surface area contributed by atoms with Crippen LogP contribution in [0.5, 0.6) is 5.75 Å². The quantitative estimate of drug-likeness (QED) is 0.735. The summed E-state index contributed by atoms with van der Waals surface area (Å²) in [6.07, 6.45) is 5.10. The first-order chi connectivity index (χ1) is 7.88. The van der Waals surface area contributed by atoms with Crippen LogP contribution in [0.2, 0.25) is 0 Å². The Morgan fingerprint density at radius 1 is 1.25 bits per heavy atom. The molecule has 0 aliphatic carbocycles. The van der Waals surface area contributed by atoms with Gasteiger partial charge in [-0.3, -0.25) is 4.99 Å². The maximum Gasteiger partial charge on any atom is 0.118 e. The molecule has 0 spiro atoms. The molecule has 16 heavy (non-hydrogen) atoms. The number of furan rings is 1. The van der Waals surface area contributed by atoms with Crippen LogP contribution in [0.4, 0.5) is 0 Å². The predicted molar refractivity (Wildman–Crippen MR) is 63.0 cm³/mol. The van der Waals surface area contributed by atoms with Gasteiger partial charge in [-0.2, -0.15) is 0 Å². The predicted octanol–water partition coefficient (Wildman–Crippen LogP) is 2.91. The van der Waals surface area contributed by atoms with Crippen molar-refractivity contribution in [3.63, 3.8) is 0 Å². The van der Waals surface area contributed by atoms with Gasteiger partial charge in [-0.15, -0.1) is 0 Å². The molecule has 0 bridgehead atoms. The summed E-state index contributed by atoms with van der Waals surface area (Å²) in [6.45, 7) is 0.662. The molecule has 0 saturated heterocycles. The standard InChI is InChI=1S/C13H13NO2/c1-15-13-4-2-11(3-5-13)8-14-9-12-6-7-16-10-12/h2-7,9-10H,8H2,1H3. The zero-order valence-corrected chi connectivity index (χ0v) is 9.09. The number of methoxy groups -OCH3 is 1. The van der Waals surface area contributed by atoms with Gasteiger partial charge in [0.05, 0.1) is 26.2 Å². The molecule has 0 fully saturated rings. The van der Waals surface area contributed by atoms with E-state index in [2.05, 4.69) is 4.99 Å². The lowest BCUT2D eigenvalue weighted by Crippen LogP contribution is -1.85. The van der Waals surface area contributed by atoms with Crippen molar-refractivity contribution in [1.82, 2.24) is 0 Å². The van der Waals surface area contributed by atoms with E-state index in [4.69, 9.17) is 9.15 Å². The van der Waals surface area contributed by atoms with Crippen molar-refractivity contribution >= 4 is 6.21 Å². The van der Waals surface area contributed by atoms with Gasteiger partial charge in [0.2, 0.25) is 0 Å². The van der Waals surface area contributed by atoms with Gasteiger partial charge >= 0.3 is 0 Å². The van der Waals surface area contributed by atoms with Crippen LogP contribution in [0.3, 0.4) is 0 Å². The summed E-state index contributed by atoms with van der Waals surface area (Å²) < 4.78 is 10.0. The fraction of sp³-hybridized carbons (Fsp3) is 0.154. The number of hydrogen-bond acceptors (Lipinski definition) is 3. The molecule has 1 aromatic heterocycles. The van der Waals surface area contributed by atoms with Crippen molar-refractivity contribution in [2.24, 2.45) is 4.99 Å². The summed E-state index contributed by atoms with van der Waals surface area (Å²) in [4.78, 5) is 4.31. The second-order valence-electron chi connectivity index (χ2n) is 3.37. The van der Waals surface area contributed by atoms with Crippen molar-refractivity contribution in [2.75, 3.05) is 7.11 Å². The van der Waals surface area contributed by atoms with E-state index in [0.717, 1.165) is 16.9 Å². The van der Waals surface area contributed by atoms with Crippen LogP contribution in [0.1, 0.15) is 11.1 Å². The number of aliphatic imine (C=N–C) groups is 1. The van der Waals surface area contributed by atoms with Gasteiger partial charge in [0, 0.05) is 11.8 Å². The molecule has 0 unspecified atom stereocenters. The molecule has 0 aliphatic rings. The minimum atomic E-state index is 0.662. The van der Waals surface area contributed by atoms with Crippen LogP contribution >= 0.6 is 0 Å². The van der Waals surface area contributed by atoms with Gasteiger partial charge < -0.3 is 9.15 Å². The van der Waals surface area contributed by atoms with E-state index < -0.39 is 0 Å². The smallest absolute Gasteiger partial charge is 0.118 e. The molecule has 0 radical (unpaired) electrons. The Kier molecular flexibility index (Phi) is 3.38. The zero-order chi connectivity index (χ0) is 11.2. The highest BCUT2D eigenvalue weighted by Crippen LogP contribution is 2.11. The van der Waals surface area contributed by atoms with Crippen molar-refractivity contribution in [1.29, 1.82) is 0 Å². The first-order valence-corrected chi connectivity index (χ1v) is 5.03. The maximum absolute atomic E-state index is 5.08. The topological polar surface area (TPSA) is 34.7 Å². The molecule has 0 atom stereocenters. The fourth-order valence-corrected chi connectivity index (χ4v) is 1.34. The molecule has 3 heteroatoms. The van der Waals surface area contributed by atoms with Gasteiger partial charge in [-0.25, -0.2) is 0 Å². The Morgan fingerprint density at radius 2 is 2.06 bits per heavy atom. The summed E-state index contributed by atoms with van der Waals surface area (Å²) in [5.74, 6) is 0.863. The van der Waals surface area contributed by atoms with Crippen molar-refractivity contribution in [3.05, 3.63) is 54.0 Å². The lowest BCUT2D eigenvalue weighted by molar-refractivity contribution is 0.414. The molecule has 1 heterocycles. The van der Waals surface area contributed by atoms with Gasteiger partial charge in [0.1, 0.15) is 5.75 Å². The summed E-state index contributed by atoms with van der Waals surface area (Å²) >= 11 is 0. The highest BCUT2D eigenvalue weighted by Gasteiger charge is 1.92. The number of ether oxygens (including phenoxy) is 1. The normalized spacial score (nSPS) is 10.8. The highest BCUT2D eigenvalue weighted by atomic mass is 16.5. The average Bonchev–Trinajstić information content (AvgIpc) is 2.83. The Balaban J connectivity index is 1.94. The van der Waals surface area contributed by atoms with Crippen LogP contribution < -0.4 is 4.74 Å². The molecule has 0 saturated carbocycles. The molecule has 0 amide bonds. The third kappa shape index (κ3) is 2.73. The molecule has 3 nitrogen and oxygen atoms in total. The molecular weight excluding hydrogens is 202 g/mol. The Morgan fingerprint density at radius 3 is 2.69 bits per heavy atom. The molecule has 2 rings (SSSR count). The van der Waals surface area contributed by atoms with E-state index >= 15 is 0 Å². The average molecular weight is 215 g/mol. The van der Waals surface area contributed by atoms with E-state index in [1.807, 2.05) is 30.3 Å². The van der Waals surface area contributed by atoms with E-state index in [1.54, 1.807) is 25.9 Å². The highest BCUT2D eigenvalue weighted by molar-refractivity contribution is 5.78. The largest absolute Gasteiger partial charge is 0.497 e. The Bertz CT molecular complexity index is 443. The van der Waals surface area contributed by atoms with Crippen LogP contribution in [-0.4, -0.2) is 13.3 Å². The van der Waals surface area contributed by atoms with Crippen LogP contribution in [-0.2, 0) is 6.54 Å². The zero-order valence-electron chi connectivity index (χ0n) is 9.09. The molecule has 2 aromatic rings. The first-order valence-electron chi connectivity index (χ1n) is 5.03. The minimum absolute atomic E-state index is 0.662. The van der Waals surface area contributed by atoms with Gasteiger partial charge in [0.15, 0.2) is 0 Å².